The molecule has 1 atom stereocenters. The lowest BCUT2D eigenvalue weighted by atomic mass is 10.1. The molecule has 4 aromatic rings. The van der Waals surface area contributed by atoms with Gasteiger partial charge in [0.05, 0.1) is 12.8 Å². The number of carbonyl (C=O) groups excluding carboxylic acids is 2. The van der Waals surface area contributed by atoms with Gasteiger partial charge < -0.3 is 20.7 Å². The number of halogens is 1. The van der Waals surface area contributed by atoms with E-state index in [0.29, 0.717) is 27.1 Å². The zero-order valence-corrected chi connectivity index (χ0v) is 24.5. The fourth-order valence-electron chi connectivity index (χ4n) is 3.89. The quantitative estimate of drug-likeness (QED) is 0.103. The molecule has 0 spiro atoms. The van der Waals surface area contributed by atoms with Crippen LogP contribution in [0.3, 0.4) is 0 Å². The van der Waals surface area contributed by atoms with Crippen molar-refractivity contribution in [2.75, 3.05) is 23.1 Å². The Morgan fingerprint density at radius 3 is 2.25 bits per heavy atom. The number of thioether (sulfide) groups is 1. The van der Waals surface area contributed by atoms with E-state index in [2.05, 4.69) is 16.0 Å². The van der Waals surface area contributed by atoms with Crippen LogP contribution in [-0.4, -0.2) is 23.9 Å². The highest BCUT2D eigenvalue weighted by molar-refractivity contribution is 8.00. The Bertz CT molecular complexity index is 1530. The van der Waals surface area contributed by atoms with Gasteiger partial charge in [0, 0.05) is 32.9 Å². The maximum Gasteiger partial charge on any atom is 0.242 e. The van der Waals surface area contributed by atoms with Gasteiger partial charge in [0.15, 0.2) is 10.9 Å². The molecule has 6 nitrogen and oxygen atoms in total. The Morgan fingerprint density at radius 1 is 0.875 bits per heavy atom. The van der Waals surface area contributed by atoms with Crippen LogP contribution in [0.4, 0.5) is 17.1 Å². The van der Waals surface area contributed by atoms with E-state index in [9.17, 15) is 9.59 Å². The highest BCUT2D eigenvalue weighted by atomic mass is 35.5. The summed E-state index contributed by atoms with van der Waals surface area (Å²) in [6.07, 6.45) is 0. The molecule has 0 aromatic heterocycles. The van der Waals surface area contributed by atoms with Gasteiger partial charge >= 0.3 is 0 Å². The van der Waals surface area contributed by atoms with Crippen molar-refractivity contribution in [3.63, 3.8) is 0 Å². The highest BCUT2D eigenvalue weighted by Crippen LogP contribution is 2.39. The minimum absolute atomic E-state index is 0.00599. The maximum absolute atomic E-state index is 13.6. The van der Waals surface area contributed by atoms with Crippen molar-refractivity contribution in [2.45, 2.75) is 24.0 Å². The number of ketones is 1. The van der Waals surface area contributed by atoms with E-state index in [0.717, 1.165) is 27.4 Å². The summed E-state index contributed by atoms with van der Waals surface area (Å²) in [4.78, 5) is 26.0. The molecule has 0 heterocycles. The molecule has 1 unspecified atom stereocenters. The van der Waals surface area contributed by atoms with E-state index in [-0.39, 0.29) is 11.7 Å². The number of hydrogen-bond donors (Lipinski definition) is 3. The second-order valence-electron chi connectivity index (χ2n) is 8.94. The summed E-state index contributed by atoms with van der Waals surface area (Å²) in [6.45, 7) is 3.40. The van der Waals surface area contributed by atoms with Gasteiger partial charge in [-0.1, -0.05) is 48.0 Å². The van der Waals surface area contributed by atoms with Gasteiger partial charge in [-0.3, -0.25) is 9.59 Å². The number of amides is 1. The summed E-state index contributed by atoms with van der Waals surface area (Å²) >= 11 is 13.2. The molecule has 0 saturated heterocycles. The second-order valence-corrected chi connectivity index (χ2v) is 10.9. The van der Waals surface area contributed by atoms with E-state index in [1.165, 1.54) is 18.7 Å². The molecule has 0 radical (unpaired) electrons. The lowest BCUT2D eigenvalue weighted by Crippen LogP contribution is -2.20. The number of aryl methyl sites for hydroxylation is 1. The van der Waals surface area contributed by atoms with Crippen molar-refractivity contribution in [1.29, 1.82) is 0 Å². The molecule has 4 rings (SSSR count). The number of nitrogens with one attached hydrogen (secondary N) is 3. The first-order valence-corrected chi connectivity index (χ1v) is 14.1. The lowest BCUT2D eigenvalue weighted by molar-refractivity contribution is -0.115. The number of methoxy groups -OCH3 is 1. The molecule has 40 heavy (non-hydrogen) atoms. The molecular formula is C31H28ClN3O3S2. The average Bonchev–Trinajstić information content (AvgIpc) is 2.94. The maximum atomic E-state index is 13.6. The number of carbonyl (C=O) groups is 2. The zero-order valence-electron chi connectivity index (χ0n) is 22.2. The third-order valence-electron chi connectivity index (χ3n) is 5.97. The van der Waals surface area contributed by atoms with Crippen LogP contribution in [-0.2, 0) is 4.79 Å². The van der Waals surface area contributed by atoms with Crippen LogP contribution in [0.5, 0.6) is 5.75 Å². The van der Waals surface area contributed by atoms with Gasteiger partial charge in [0.2, 0.25) is 5.91 Å². The van der Waals surface area contributed by atoms with E-state index in [1.807, 2.05) is 61.5 Å². The van der Waals surface area contributed by atoms with Gasteiger partial charge in [-0.2, -0.15) is 0 Å². The second kappa shape index (κ2) is 13.5. The van der Waals surface area contributed by atoms with Gasteiger partial charge in [-0.05, 0) is 85.7 Å². The standard InChI is InChI=1S/C31H28ClN3O3S2/c1-19-16-27(28(38-3)18-26(19)32)35-30(37)29(22-8-5-4-6-9-22)40-25-11-7-10-24(17-25)34-31(39)33-23-14-12-21(13-15-23)20(2)36/h4-18,29H,1-3H3,(H,35,37)(H2,33,34,39). The predicted molar refractivity (Wildman–Crippen MR) is 169 cm³/mol. The van der Waals surface area contributed by atoms with Gasteiger partial charge in [0.25, 0.3) is 0 Å². The van der Waals surface area contributed by atoms with Crippen molar-refractivity contribution in [1.82, 2.24) is 0 Å². The Balaban J connectivity index is 1.51. The summed E-state index contributed by atoms with van der Waals surface area (Å²) in [5.74, 6) is 0.302. The van der Waals surface area contributed by atoms with E-state index < -0.39 is 5.25 Å². The summed E-state index contributed by atoms with van der Waals surface area (Å²) < 4.78 is 5.45. The first-order chi connectivity index (χ1) is 19.2. The number of ether oxygens (including phenoxy) is 1. The number of rotatable bonds is 9. The van der Waals surface area contributed by atoms with Gasteiger partial charge in [0.1, 0.15) is 11.0 Å². The molecule has 0 bridgehead atoms. The van der Waals surface area contributed by atoms with Crippen LogP contribution in [0.1, 0.15) is 33.7 Å². The number of thiocarbonyl (C=S) groups is 1. The van der Waals surface area contributed by atoms with Gasteiger partial charge in [-0.25, -0.2) is 0 Å². The number of Topliss-reactive ketones (excluding diaryl/α,β-unsaturated/α-hetero) is 1. The molecule has 204 valence electrons. The van der Waals surface area contributed by atoms with Crippen molar-refractivity contribution in [2.24, 2.45) is 0 Å². The van der Waals surface area contributed by atoms with E-state index in [4.69, 9.17) is 28.6 Å². The van der Waals surface area contributed by atoms with Crippen LogP contribution in [0.2, 0.25) is 5.02 Å². The number of benzene rings is 4. The first kappa shape index (κ1) is 29.1. The first-order valence-electron chi connectivity index (χ1n) is 12.4. The Labute approximate surface area is 248 Å². The predicted octanol–water partition coefficient (Wildman–Crippen LogP) is 8.14. The topological polar surface area (TPSA) is 79.5 Å². The van der Waals surface area contributed by atoms with E-state index in [1.54, 1.807) is 43.5 Å². The van der Waals surface area contributed by atoms with Crippen molar-refractivity contribution in [3.05, 3.63) is 113 Å². The molecule has 0 fully saturated rings. The molecule has 0 saturated carbocycles. The fraction of sp³-hybridized carbons (Fsp3) is 0.129. The lowest BCUT2D eigenvalue weighted by Gasteiger charge is -2.19. The van der Waals surface area contributed by atoms with Crippen molar-refractivity contribution in [3.8, 4) is 5.75 Å². The molecule has 1 amide bonds. The Kier molecular flexibility index (Phi) is 9.82. The summed E-state index contributed by atoms with van der Waals surface area (Å²) in [5.41, 5.74) is 4.42. The number of anilines is 3. The third-order valence-corrected chi connectivity index (χ3v) is 7.83. The van der Waals surface area contributed by atoms with Crippen molar-refractivity contribution >= 4 is 69.4 Å². The third kappa shape index (κ3) is 7.63. The van der Waals surface area contributed by atoms with Gasteiger partial charge in [-0.15, -0.1) is 11.8 Å². The minimum Gasteiger partial charge on any atom is -0.495 e. The van der Waals surface area contributed by atoms with Crippen LogP contribution in [0, 0.1) is 6.92 Å². The smallest absolute Gasteiger partial charge is 0.242 e. The Hall–Kier alpha value is -3.85. The average molecular weight is 590 g/mol. The van der Waals surface area contributed by atoms with Crippen LogP contribution < -0.4 is 20.7 Å². The SMILES string of the molecule is COc1cc(Cl)c(C)cc1NC(=O)C(Sc1cccc(NC(=S)Nc2ccc(C(C)=O)cc2)c1)c1ccccc1. The largest absolute Gasteiger partial charge is 0.495 e. The zero-order chi connectivity index (χ0) is 28.6. The van der Waals surface area contributed by atoms with E-state index >= 15 is 0 Å². The molecule has 0 aliphatic heterocycles. The monoisotopic (exact) mass is 589 g/mol. The number of hydrogen-bond acceptors (Lipinski definition) is 5. The molecule has 0 aliphatic carbocycles. The molecular weight excluding hydrogens is 562 g/mol. The van der Waals surface area contributed by atoms with Crippen LogP contribution in [0.15, 0.2) is 95.9 Å². The molecule has 0 aliphatic rings. The van der Waals surface area contributed by atoms with Crippen LogP contribution >= 0.6 is 35.6 Å². The summed E-state index contributed by atoms with van der Waals surface area (Å²) in [6, 6.07) is 27.9. The fourth-order valence-corrected chi connectivity index (χ4v) is 5.37. The Morgan fingerprint density at radius 2 is 1.57 bits per heavy atom. The molecule has 3 N–H and O–H groups in total. The summed E-state index contributed by atoms with van der Waals surface area (Å²) in [7, 11) is 1.54. The normalized spacial score (nSPS) is 11.3. The summed E-state index contributed by atoms with van der Waals surface area (Å²) in [5, 5.41) is 9.76. The minimum atomic E-state index is -0.540. The van der Waals surface area contributed by atoms with Crippen LogP contribution in [0.25, 0.3) is 0 Å². The highest BCUT2D eigenvalue weighted by Gasteiger charge is 2.24. The molecule has 4 aromatic carbocycles. The van der Waals surface area contributed by atoms with Crippen molar-refractivity contribution < 1.29 is 14.3 Å². The molecule has 9 heteroatoms.